The lowest BCUT2D eigenvalue weighted by atomic mass is 10.2. The van der Waals surface area contributed by atoms with E-state index in [0.717, 1.165) is 17.3 Å². The van der Waals surface area contributed by atoms with E-state index in [4.69, 9.17) is 4.74 Å². The third-order valence-electron chi connectivity index (χ3n) is 2.73. The van der Waals surface area contributed by atoms with Crippen molar-refractivity contribution in [2.24, 2.45) is 0 Å². The number of benzene rings is 1. The lowest BCUT2D eigenvalue weighted by molar-refractivity contribution is 0.251. The van der Waals surface area contributed by atoms with Gasteiger partial charge in [0.25, 0.3) is 0 Å². The molecule has 0 atom stereocenters. The summed E-state index contributed by atoms with van der Waals surface area (Å²) in [7, 11) is 1.58. The van der Waals surface area contributed by atoms with Crippen LogP contribution in [0.2, 0.25) is 0 Å². The fourth-order valence-corrected chi connectivity index (χ4v) is 2.06. The number of anilines is 1. The van der Waals surface area contributed by atoms with Crippen LogP contribution in [-0.2, 0) is 0 Å². The van der Waals surface area contributed by atoms with Crippen molar-refractivity contribution in [1.82, 2.24) is 5.32 Å². The number of unbranched alkanes of at least 4 members (excludes halogenated alkanes) is 3. The van der Waals surface area contributed by atoms with E-state index in [1.807, 2.05) is 12.1 Å². The summed E-state index contributed by atoms with van der Waals surface area (Å²) >= 11 is 3.37. The molecular weight excluding hydrogens is 308 g/mol. The predicted octanol–water partition coefficient (Wildman–Crippen LogP) is 4.16. The van der Waals surface area contributed by atoms with Crippen molar-refractivity contribution < 1.29 is 9.53 Å². The molecule has 106 valence electrons. The van der Waals surface area contributed by atoms with E-state index < -0.39 is 0 Å². The normalized spacial score (nSPS) is 10.1. The van der Waals surface area contributed by atoms with Gasteiger partial charge in [0.15, 0.2) is 0 Å². The molecule has 0 aromatic heterocycles. The zero-order valence-electron chi connectivity index (χ0n) is 11.5. The van der Waals surface area contributed by atoms with Gasteiger partial charge >= 0.3 is 6.03 Å². The van der Waals surface area contributed by atoms with Gasteiger partial charge in [0, 0.05) is 11.0 Å². The van der Waals surface area contributed by atoms with E-state index in [2.05, 4.69) is 33.5 Å². The fraction of sp³-hybridized carbons (Fsp3) is 0.500. The van der Waals surface area contributed by atoms with E-state index in [1.165, 1.54) is 12.8 Å². The Balaban J connectivity index is 2.41. The quantitative estimate of drug-likeness (QED) is 0.738. The summed E-state index contributed by atoms with van der Waals surface area (Å²) in [6.07, 6.45) is 4.57. The van der Waals surface area contributed by atoms with Crippen LogP contribution in [-0.4, -0.2) is 19.7 Å². The highest BCUT2D eigenvalue weighted by atomic mass is 79.9. The van der Waals surface area contributed by atoms with Crippen molar-refractivity contribution in [2.75, 3.05) is 19.0 Å². The average Bonchev–Trinajstić information content (AvgIpc) is 2.39. The van der Waals surface area contributed by atoms with Crippen molar-refractivity contribution in [3.63, 3.8) is 0 Å². The fourth-order valence-electron chi connectivity index (χ4n) is 1.70. The Kier molecular flexibility index (Phi) is 7.33. The molecule has 0 fully saturated rings. The van der Waals surface area contributed by atoms with Crippen LogP contribution in [0.25, 0.3) is 0 Å². The third-order valence-corrected chi connectivity index (χ3v) is 3.22. The van der Waals surface area contributed by atoms with Crippen LogP contribution in [0.4, 0.5) is 10.5 Å². The molecule has 5 heteroatoms. The van der Waals surface area contributed by atoms with Crippen LogP contribution in [0.3, 0.4) is 0 Å². The van der Waals surface area contributed by atoms with E-state index in [9.17, 15) is 4.79 Å². The number of carbonyl (C=O) groups is 1. The van der Waals surface area contributed by atoms with Crippen LogP contribution in [0.15, 0.2) is 22.7 Å². The Labute approximate surface area is 123 Å². The van der Waals surface area contributed by atoms with E-state index in [1.54, 1.807) is 13.2 Å². The Morgan fingerprint density at radius 1 is 1.32 bits per heavy atom. The number of methoxy groups -OCH3 is 1. The zero-order chi connectivity index (χ0) is 14.1. The first-order chi connectivity index (χ1) is 9.17. The highest BCUT2D eigenvalue weighted by molar-refractivity contribution is 9.10. The Morgan fingerprint density at radius 2 is 2.11 bits per heavy atom. The van der Waals surface area contributed by atoms with Gasteiger partial charge in [0.05, 0.1) is 12.8 Å². The van der Waals surface area contributed by atoms with Crippen molar-refractivity contribution in [3.05, 3.63) is 22.7 Å². The molecule has 0 saturated heterocycles. The average molecular weight is 329 g/mol. The smallest absolute Gasteiger partial charge is 0.319 e. The minimum atomic E-state index is -0.201. The number of nitrogens with one attached hydrogen (secondary N) is 2. The molecule has 0 heterocycles. The number of halogens is 1. The van der Waals surface area contributed by atoms with Crippen molar-refractivity contribution in [2.45, 2.75) is 32.6 Å². The standard InChI is InChI=1S/C14H21BrN2O2/c1-3-4-5-6-9-16-14(18)17-12-10-11(15)7-8-13(12)19-2/h7-8,10H,3-6,9H2,1-2H3,(H2,16,17,18). The summed E-state index contributed by atoms with van der Waals surface area (Å²) in [4.78, 5) is 11.7. The molecule has 0 unspecified atom stereocenters. The molecule has 4 nitrogen and oxygen atoms in total. The monoisotopic (exact) mass is 328 g/mol. The van der Waals surface area contributed by atoms with Crippen LogP contribution in [0, 0.1) is 0 Å². The van der Waals surface area contributed by atoms with Gasteiger partial charge in [0.1, 0.15) is 5.75 Å². The molecule has 19 heavy (non-hydrogen) atoms. The Bertz CT molecular complexity index is 410. The molecule has 0 radical (unpaired) electrons. The number of amides is 2. The predicted molar refractivity (Wildman–Crippen MR) is 81.9 cm³/mol. The topological polar surface area (TPSA) is 50.4 Å². The summed E-state index contributed by atoms with van der Waals surface area (Å²) in [6, 6.07) is 5.29. The molecule has 2 amide bonds. The maximum absolute atomic E-state index is 11.7. The highest BCUT2D eigenvalue weighted by Gasteiger charge is 2.07. The van der Waals surface area contributed by atoms with Gasteiger partial charge in [-0.1, -0.05) is 42.1 Å². The van der Waals surface area contributed by atoms with Gasteiger partial charge in [-0.05, 0) is 24.6 Å². The van der Waals surface area contributed by atoms with Gasteiger partial charge in [-0.2, -0.15) is 0 Å². The number of hydrogen-bond acceptors (Lipinski definition) is 2. The molecule has 0 aliphatic heterocycles. The number of carbonyl (C=O) groups excluding carboxylic acids is 1. The zero-order valence-corrected chi connectivity index (χ0v) is 13.0. The lowest BCUT2D eigenvalue weighted by Gasteiger charge is -2.11. The molecule has 0 saturated carbocycles. The summed E-state index contributed by atoms with van der Waals surface area (Å²) in [6.45, 7) is 2.86. The molecular formula is C14H21BrN2O2. The second kappa shape index (κ2) is 8.80. The summed E-state index contributed by atoms with van der Waals surface area (Å²) in [5.41, 5.74) is 0.655. The maximum Gasteiger partial charge on any atom is 0.319 e. The highest BCUT2D eigenvalue weighted by Crippen LogP contribution is 2.27. The first kappa shape index (κ1) is 15.8. The number of hydrogen-bond donors (Lipinski definition) is 2. The van der Waals surface area contributed by atoms with Gasteiger partial charge in [-0.3, -0.25) is 0 Å². The third kappa shape index (κ3) is 5.96. The molecule has 0 spiro atoms. The van der Waals surface area contributed by atoms with E-state index in [-0.39, 0.29) is 6.03 Å². The minimum Gasteiger partial charge on any atom is -0.495 e. The van der Waals surface area contributed by atoms with Crippen molar-refractivity contribution >= 4 is 27.6 Å². The molecule has 0 aliphatic carbocycles. The second-order valence-corrected chi connectivity index (χ2v) is 5.20. The molecule has 0 bridgehead atoms. The summed E-state index contributed by atoms with van der Waals surface area (Å²) in [5.74, 6) is 0.643. The second-order valence-electron chi connectivity index (χ2n) is 4.29. The molecule has 1 aromatic rings. The summed E-state index contributed by atoms with van der Waals surface area (Å²) in [5, 5.41) is 5.63. The number of urea groups is 1. The van der Waals surface area contributed by atoms with Crippen LogP contribution in [0.5, 0.6) is 5.75 Å². The van der Waals surface area contributed by atoms with Crippen molar-refractivity contribution in [1.29, 1.82) is 0 Å². The Morgan fingerprint density at radius 3 is 2.79 bits per heavy atom. The van der Waals surface area contributed by atoms with E-state index in [0.29, 0.717) is 18.0 Å². The van der Waals surface area contributed by atoms with Gasteiger partial charge in [0.2, 0.25) is 0 Å². The minimum absolute atomic E-state index is 0.201. The van der Waals surface area contributed by atoms with Gasteiger partial charge in [-0.15, -0.1) is 0 Å². The largest absolute Gasteiger partial charge is 0.495 e. The molecule has 1 rings (SSSR count). The van der Waals surface area contributed by atoms with Crippen LogP contribution >= 0.6 is 15.9 Å². The van der Waals surface area contributed by atoms with Crippen molar-refractivity contribution in [3.8, 4) is 5.75 Å². The van der Waals surface area contributed by atoms with E-state index >= 15 is 0 Å². The maximum atomic E-state index is 11.7. The molecule has 0 aliphatic rings. The Hall–Kier alpha value is -1.23. The first-order valence-corrected chi connectivity index (χ1v) is 7.35. The SMILES string of the molecule is CCCCCCNC(=O)Nc1cc(Br)ccc1OC. The van der Waals surface area contributed by atoms with Crippen LogP contribution in [0.1, 0.15) is 32.6 Å². The summed E-state index contributed by atoms with van der Waals surface area (Å²) < 4.78 is 6.09. The van der Waals surface area contributed by atoms with Gasteiger partial charge < -0.3 is 15.4 Å². The lowest BCUT2D eigenvalue weighted by Crippen LogP contribution is -2.29. The number of ether oxygens (including phenoxy) is 1. The van der Waals surface area contributed by atoms with Crippen LogP contribution < -0.4 is 15.4 Å². The number of rotatable bonds is 7. The molecule has 1 aromatic carbocycles. The first-order valence-electron chi connectivity index (χ1n) is 6.55. The molecule has 2 N–H and O–H groups in total. The van der Waals surface area contributed by atoms with Gasteiger partial charge in [-0.25, -0.2) is 4.79 Å².